The Morgan fingerprint density at radius 1 is 1.15 bits per heavy atom. The van der Waals surface area contributed by atoms with Crippen LogP contribution in [0.5, 0.6) is 5.75 Å². The maximum Gasteiger partial charge on any atom is 0.434 e. The zero-order chi connectivity index (χ0) is 23.8. The summed E-state index contributed by atoms with van der Waals surface area (Å²) < 4.78 is 39.8. The number of fused-ring (bicyclic) bond motifs is 1. The van der Waals surface area contributed by atoms with Gasteiger partial charge in [-0.2, -0.15) is 4.72 Å². The van der Waals surface area contributed by atoms with Crippen LogP contribution in [0.25, 0.3) is 10.8 Å². The molecule has 0 aliphatic carbocycles. The first-order valence-electron chi connectivity index (χ1n) is 10.1. The molecule has 0 amide bonds. The van der Waals surface area contributed by atoms with E-state index in [0.717, 1.165) is 21.9 Å². The lowest BCUT2D eigenvalue weighted by atomic mass is 9.88. The van der Waals surface area contributed by atoms with Crippen molar-refractivity contribution in [3.05, 3.63) is 87.2 Å². The Labute approximate surface area is 195 Å². The van der Waals surface area contributed by atoms with Gasteiger partial charge in [-0.3, -0.25) is 0 Å². The van der Waals surface area contributed by atoms with Crippen LogP contribution in [0.1, 0.15) is 35.9 Å². The highest BCUT2D eigenvalue weighted by atomic mass is 35.5. The van der Waals surface area contributed by atoms with Crippen molar-refractivity contribution in [1.29, 1.82) is 0 Å². The smallest absolute Gasteiger partial charge is 0.434 e. The van der Waals surface area contributed by atoms with Gasteiger partial charge in [0.05, 0.1) is 7.11 Å². The summed E-state index contributed by atoms with van der Waals surface area (Å²) in [5.41, 5.74) is 1.92. The standard InChI is InChI=1S/C23H22ClN3O5S/c1-13-6-4-7-15-8-5-9-17(20(13)15)14(2)21(22-25-26-23(28)32-22)27-33(29,30)19-11-10-16(24)12-18(19)31-3/h4-12,14,21,27H,1-3H3,(H,26,28)/t14-,21+/m1/s1. The van der Waals surface area contributed by atoms with Gasteiger partial charge in [0.1, 0.15) is 16.7 Å². The Morgan fingerprint density at radius 3 is 2.55 bits per heavy atom. The summed E-state index contributed by atoms with van der Waals surface area (Å²) in [6.07, 6.45) is 0. The molecule has 10 heteroatoms. The van der Waals surface area contributed by atoms with Gasteiger partial charge in [-0.05, 0) is 41.0 Å². The van der Waals surface area contributed by atoms with E-state index < -0.39 is 27.7 Å². The second kappa shape index (κ2) is 9.01. The van der Waals surface area contributed by atoms with Gasteiger partial charge in [-0.1, -0.05) is 54.9 Å². The first kappa shape index (κ1) is 23.0. The second-order valence-electron chi connectivity index (χ2n) is 7.65. The van der Waals surface area contributed by atoms with Gasteiger partial charge >= 0.3 is 5.76 Å². The number of aromatic nitrogens is 2. The molecule has 8 nitrogen and oxygen atoms in total. The highest BCUT2D eigenvalue weighted by molar-refractivity contribution is 7.89. The Hall–Kier alpha value is -3.14. The molecule has 4 rings (SSSR count). The molecule has 0 fully saturated rings. The van der Waals surface area contributed by atoms with Crippen LogP contribution in [0.2, 0.25) is 5.02 Å². The predicted octanol–water partition coefficient (Wildman–Crippen LogP) is 4.31. The van der Waals surface area contributed by atoms with Crippen molar-refractivity contribution in [2.45, 2.75) is 30.7 Å². The van der Waals surface area contributed by atoms with Crippen LogP contribution < -0.4 is 15.2 Å². The van der Waals surface area contributed by atoms with E-state index >= 15 is 0 Å². The topological polar surface area (TPSA) is 114 Å². The Kier molecular flexibility index (Phi) is 6.29. The van der Waals surface area contributed by atoms with Gasteiger partial charge in [-0.25, -0.2) is 18.3 Å². The van der Waals surface area contributed by atoms with Crippen LogP contribution >= 0.6 is 11.6 Å². The predicted molar refractivity (Wildman–Crippen MR) is 125 cm³/mol. The van der Waals surface area contributed by atoms with E-state index in [1.165, 1.54) is 25.3 Å². The number of ether oxygens (including phenoxy) is 1. The number of aryl methyl sites for hydroxylation is 1. The summed E-state index contributed by atoms with van der Waals surface area (Å²) in [4.78, 5) is 11.6. The second-order valence-corrected chi connectivity index (χ2v) is 9.77. The maximum absolute atomic E-state index is 13.4. The first-order valence-corrected chi connectivity index (χ1v) is 12.0. The van der Waals surface area contributed by atoms with Crippen LogP contribution in [0.15, 0.2) is 68.7 Å². The molecule has 4 aromatic rings. The molecule has 0 spiro atoms. The minimum absolute atomic E-state index is 0.0745. The SMILES string of the molecule is COc1cc(Cl)ccc1S(=O)(=O)N[C@H](c1n[nH]c(=O)o1)[C@H](C)c1cccc2cccc(C)c12. The van der Waals surface area contributed by atoms with Gasteiger partial charge in [0.25, 0.3) is 0 Å². The molecular formula is C23H22ClN3O5S. The monoisotopic (exact) mass is 487 g/mol. The number of methoxy groups -OCH3 is 1. The zero-order valence-electron chi connectivity index (χ0n) is 18.1. The lowest BCUT2D eigenvalue weighted by Gasteiger charge is -2.24. The highest BCUT2D eigenvalue weighted by Gasteiger charge is 2.33. The fourth-order valence-corrected chi connectivity index (χ4v) is 5.54. The Balaban J connectivity index is 1.83. The molecule has 172 valence electrons. The van der Waals surface area contributed by atoms with Crippen molar-refractivity contribution in [2.75, 3.05) is 7.11 Å². The summed E-state index contributed by atoms with van der Waals surface area (Å²) in [5, 5.41) is 8.48. The number of halogens is 1. The summed E-state index contributed by atoms with van der Waals surface area (Å²) in [6, 6.07) is 15.0. The van der Waals surface area contributed by atoms with E-state index in [9.17, 15) is 13.2 Å². The Morgan fingerprint density at radius 2 is 1.88 bits per heavy atom. The quantitative estimate of drug-likeness (QED) is 0.401. The average molecular weight is 488 g/mol. The van der Waals surface area contributed by atoms with E-state index in [1.54, 1.807) is 0 Å². The van der Waals surface area contributed by atoms with Crippen LogP contribution in [0, 0.1) is 6.92 Å². The lowest BCUT2D eigenvalue weighted by Crippen LogP contribution is -2.32. The number of aromatic amines is 1. The summed E-state index contributed by atoms with van der Waals surface area (Å²) >= 11 is 5.99. The van der Waals surface area contributed by atoms with E-state index in [-0.39, 0.29) is 16.5 Å². The van der Waals surface area contributed by atoms with Crippen LogP contribution in [0.4, 0.5) is 0 Å². The average Bonchev–Trinajstić information content (AvgIpc) is 3.22. The first-order chi connectivity index (χ1) is 15.7. The molecule has 1 aromatic heterocycles. The fourth-order valence-electron chi connectivity index (χ4n) is 3.96. The van der Waals surface area contributed by atoms with Crippen molar-refractivity contribution in [1.82, 2.24) is 14.9 Å². The molecule has 1 heterocycles. The molecule has 0 aliphatic rings. The number of sulfonamides is 1. The highest BCUT2D eigenvalue weighted by Crippen LogP contribution is 2.37. The number of nitrogens with one attached hydrogen (secondary N) is 2. The number of nitrogens with zero attached hydrogens (tertiary/aromatic N) is 1. The fraction of sp³-hybridized carbons (Fsp3) is 0.217. The summed E-state index contributed by atoms with van der Waals surface area (Å²) in [5.74, 6) is -1.21. The normalized spacial score (nSPS) is 13.7. The van der Waals surface area contributed by atoms with E-state index in [0.29, 0.717) is 5.02 Å². The zero-order valence-corrected chi connectivity index (χ0v) is 19.7. The van der Waals surface area contributed by atoms with E-state index in [2.05, 4.69) is 14.9 Å². The van der Waals surface area contributed by atoms with E-state index in [4.69, 9.17) is 20.8 Å². The van der Waals surface area contributed by atoms with Gasteiger partial charge in [-0.15, -0.1) is 5.10 Å². The summed E-state index contributed by atoms with van der Waals surface area (Å²) in [7, 11) is -2.77. The number of rotatable bonds is 7. The molecule has 33 heavy (non-hydrogen) atoms. The van der Waals surface area contributed by atoms with Crippen LogP contribution in [-0.2, 0) is 10.0 Å². The van der Waals surface area contributed by atoms with Crippen molar-refractivity contribution < 1.29 is 17.6 Å². The van der Waals surface area contributed by atoms with Crippen molar-refractivity contribution in [3.8, 4) is 5.75 Å². The molecule has 0 radical (unpaired) electrons. The third-order valence-electron chi connectivity index (χ3n) is 5.55. The van der Waals surface area contributed by atoms with Crippen LogP contribution in [0.3, 0.4) is 0 Å². The van der Waals surface area contributed by atoms with Crippen LogP contribution in [-0.4, -0.2) is 25.7 Å². The van der Waals surface area contributed by atoms with Crippen molar-refractivity contribution in [3.63, 3.8) is 0 Å². The summed E-state index contributed by atoms with van der Waals surface area (Å²) in [6.45, 7) is 3.84. The number of benzene rings is 3. The minimum atomic E-state index is -4.12. The number of hydrogen-bond donors (Lipinski definition) is 2. The molecule has 0 aliphatic heterocycles. The molecule has 0 saturated heterocycles. The van der Waals surface area contributed by atoms with Gasteiger partial charge in [0.2, 0.25) is 15.9 Å². The third kappa shape index (κ3) is 4.52. The van der Waals surface area contributed by atoms with Crippen molar-refractivity contribution >= 4 is 32.4 Å². The molecule has 0 saturated carbocycles. The molecule has 0 unspecified atom stereocenters. The largest absolute Gasteiger partial charge is 0.495 e. The minimum Gasteiger partial charge on any atom is -0.495 e. The molecule has 2 N–H and O–H groups in total. The Bertz CT molecular complexity index is 1470. The molecule has 3 aromatic carbocycles. The molecule has 0 bridgehead atoms. The molecular weight excluding hydrogens is 466 g/mol. The van der Waals surface area contributed by atoms with Gasteiger partial charge in [0.15, 0.2) is 0 Å². The number of H-pyrrole nitrogens is 1. The lowest BCUT2D eigenvalue weighted by molar-refractivity contribution is 0.380. The maximum atomic E-state index is 13.4. The van der Waals surface area contributed by atoms with E-state index in [1.807, 2.05) is 50.2 Å². The van der Waals surface area contributed by atoms with Crippen molar-refractivity contribution in [2.24, 2.45) is 0 Å². The number of hydrogen-bond acceptors (Lipinski definition) is 6. The van der Waals surface area contributed by atoms with Gasteiger partial charge < -0.3 is 9.15 Å². The molecule has 2 atom stereocenters. The van der Waals surface area contributed by atoms with Gasteiger partial charge in [0, 0.05) is 17.0 Å². The third-order valence-corrected chi connectivity index (χ3v) is 7.27.